The van der Waals surface area contributed by atoms with Crippen LogP contribution in [0.2, 0.25) is 0 Å². The van der Waals surface area contributed by atoms with Crippen LogP contribution < -0.4 is 9.47 Å². The first-order valence-electron chi connectivity index (χ1n) is 16.1. The minimum atomic E-state index is -0.492. The number of benzene rings is 1. The summed E-state index contributed by atoms with van der Waals surface area (Å²) in [5.41, 5.74) is 4.67. The summed E-state index contributed by atoms with van der Waals surface area (Å²) in [6.07, 6.45) is 12.0. The second-order valence-corrected chi connectivity index (χ2v) is 11.9. The lowest BCUT2D eigenvalue weighted by molar-refractivity contribution is -0.131. The highest BCUT2D eigenvalue weighted by molar-refractivity contribution is 6.05. The van der Waals surface area contributed by atoms with Crippen molar-refractivity contribution in [3.05, 3.63) is 96.1 Å². The second-order valence-electron chi connectivity index (χ2n) is 11.9. The van der Waals surface area contributed by atoms with Crippen LogP contribution in [0.15, 0.2) is 73.3 Å². The van der Waals surface area contributed by atoms with Gasteiger partial charge in [0.2, 0.25) is 11.8 Å². The molecule has 1 aromatic carbocycles. The number of pyridine rings is 2. The van der Waals surface area contributed by atoms with Crippen molar-refractivity contribution >= 4 is 33.9 Å². The van der Waals surface area contributed by atoms with E-state index in [-0.39, 0.29) is 36.0 Å². The van der Waals surface area contributed by atoms with Gasteiger partial charge in [-0.3, -0.25) is 19.3 Å². The van der Waals surface area contributed by atoms with E-state index in [9.17, 15) is 9.59 Å². The predicted molar refractivity (Wildman–Crippen MR) is 181 cm³/mol. The maximum Gasteiger partial charge on any atom is 0.270 e. The van der Waals surface area contributed by atoms with Crippen molar-refractivity contribution in [2.24, 2.45) is 0 Å². The number of nitrogens with zero attached hydrogens (tertiary/aromatic N) is 7. The number of methoxy groups -OCH3 is 2. The number of halogens is 1. The van der Waals surface area contributed by atoms with Crippen LogP contribution in [0.4, 0.5) is 4.39 Å². The van der Waals surface area contributed by atoms with Gasteiger partial charge in [0.15, 0.2) is 5.82 Å². The lowest BCUT2D eigenvalue weighted by atomic mass is 9.93. The molecule has 49 heavy (non-hydrogen) atoms. The van der Waals surface area contributed by atoms with E-state index in [0.29, 0.717) is 78.3 Å². The highest BCUT2D eigenvalue weighted by Gasteiger charge is 2.27. The van der Waals surface area contributed by atoms with E-state index >= 15 is 4.39 Å². The normalized spacial score (nSPS) is 14.8. The highest BCUT2D eigenvalue weighted by Crippen LogP contribution is 2.40. The SMILES string of the molecule is COc1cccc(C2=CCN(C(=O)c3cc4c(-c5cnccc5OC)cc(C5=CCCN(C(=O)CCn6ccnn6)C5)c(F)c4[nH]3)CC2)n1. The van der Waals surface area contributed by atoms with E-state index in [1.54, 1.807) is 77.8 Å². The van der Waals surface area contributed by atoms with Crippen LogP contribution >= 0.6 is 0 Å². The molecule has 4 aromatic heterocycles. The molecule has 0 spiro atoms. The summed E-state index contributed by atoms with van der Waals surface area (Å²) < 4.78 is 29.2. The van der Waals surface area contributed by atoms with Crippen LogP contribution in [-0.4, -0.2) is 92.0 Å². The van der Waals surface area contributed by atoms with Gasteiger partial charge in [-0.05, 0) is 53.8 Å². The Kier molecular flexibility index (Phi) is 8.88. The maximum absolute atomic E-state index is 16.6. The van der Waals surface area contributed by atoms with Gasteiger partial charge in [-0.2, -0.15) is 0 Å². The van der Waals surface area contributed by atoms with Gasteiger partial charge in [-0.1, -0.05) is 23.4 Å². The fourth-order valence-corrected chi connectivity index (χ4v) is 6.43. The molecular formula is C36H35FN8O4. The van der Waals surface area contributed by atoms with Crippen molar-refractivity contribution < 1.29 is 23.5 Å². The molecule has 1 N–H and O–H groups in total. The molecule has 0 radical (unpaired) electrons. The molecule has 0 unspecified atom stereocenters. The fourth-order valence-electron chi connectivity index (χ4n) is 6.43. The molecule has 7 rings (SSSR count). The number of rotatable bonds is 9. The van der Waals surface area contributed by atoms with Crippen molar-refractivity contribution in [2.75, 3.05) is 40.4 Å². The van der Waals surface area contributed by atoms with E-state index in [4.69, 9.17) is 9.47 Å². The summed E-state index contributed by atoms with van der Waals surface area (Å²) in [5.74, 6) is 0.310. The lowest BCUT2D eigenvalue weighted by Crippen LogP contribution is -2.36. The number of aryl methyl sites for hydroxylation is 1. The number of carbonyl (C=O) groups excluding carboxylic acids is 2. The Morgan fingerprint density at radius 2 is 1.88 bits per heavy atom. The fraction of sp³-hybridized carbons (Fsp3) is 0.278. The molecule has 5 aromatic rings. The quantitative estimate of drug-likeness (QED) is 0.233. The van der Waals surface area contributed by atoms with Crippen molar-refractivity contribution in [1.29, 1.82) is 0 Å². The molecule has 12 nitrogen and oxygen atoms in total. The molecule has 2 aliphatic heterocycles. The van der Waals surface area contributed by atoms with E-state index in [2.05, 4.69) is 25.3 Å². The van der Waals surface area contributed by atoms with E-state index in [1.165, 1.54) is 0 Å². The number of aromatic amines is 1. The number of hydrogen-bond donors (Lipinski definition) is 1. The van der Waals surface area contributed by atoms with Gasteiger partial charge in [-0.15, -0.1) is 5.10 Å². The van der Waals surface area contributed by atoms with Crippen LogP contribution in [0.3, 0.4) is 0 Å². The first kappa shape index (κ1) is 31.7. The van der Waals surface area contributed by atoms with Crippen LogP contribution in [0.5, 0.6) is 11.6 Å². The smallest absolute Gasteiger partial charge is 0.270 e. The van der Waals surface area contributed by atoms with Gasteiger partial charge in [0, 0.05) is 73.8 Å². The van der Waals surface area contributed by atoms with Gasteiger partial charge in [-0.25, -0.2) is 9.37 Å². The Labute approximate surface area is 281 Å². The van der Waals surface area contributed by atoms with Crippen LogP contribution in [0.25, 0.3) is 33.2 Å². The Hall–Kier alpha value is -5.85. The first-order chi connectivity index (χ1) is 23.9. The molecule has 0 aliphatic carbocycles. The summed E-state index contributed by atoms with van der Waals surface area (Å²) >= 11 is 0. The number of hydrogen-bond acceptors (Lipinski definition) is 8. The zero-order valence-electron chi connectivity index (χ0n) is 27.2. The Morgan fingerprint density at radius 3 is 2.65 bits per heavy atom. The second kappa shape index (κ2) is 13.7. The number of nitrogens with one attached hydrogen (secondary N) is 1. The molecule has 2 amide bonds. The average Bonchev–Trinajstić information content (AvgIpc) is 3.85. The topological polar surface area (TPSA) is 131 Å². The molecule has 0 bridgehead atoms. The van der Waals surface area contributed by atoms with E-state index in [1.807, 2.05) is 24.3 Å². The highest BCUT2D eigenvalue weighted by atomic mass is 19.1. The van der Waals surface area contributed by atoms with Crippen molar-refractivity contribution in [1.82, 2.24) is 39.7 Å². The number of carbonyl (C=O) groups is 2. The van der Waals surface area contributed by atoms with Crippen LogP contribution in [-0.2, 0) is 11.3 Å². The van der Waals surface area contributed by atoms with Gasteiger partial charge in [0.05, 0.1) is 38.2 Å². The number of ether oxygens (including phenoxy) is 2. The van der Waals surface area contributed by atoms with Crippen molar-refractivity contribution in [2.45, 2.75) is 25.8 Å². The van der Waals surface area contributed by atoms with E-state index < -0.39 is 5.82 Å². The van der Waals surface area contributed by atoms with Gasteiger partial charge < -0.3 is 24.3 Å². The zero-order chi connectivity index (χ0) is 33.9. The summed E-state index contributed by atoms with van der Waals surface area (Å²) in [6, 6.07) is 10.8. The third-order valence-corrected chi connectivity index (χ3v) is 9.01. The molecule has 0 saturated carbocycles. The Morgan fingerprint density at radius 1 is 0.980 bits per heavy atom. The van der Waals surface area contributed by atoms with Crippen LogP contribution in [0, 0.1) is 5.82 Å². The average molecular weight is 663 g/mol. The number of fused-ring (bicyclic) bond motifs is 1. The third kappa shape index (κ3) is 6.39. The molecule has 6 heterocycles. The minimum Gasteiger partial charge on any atom is -0.496 e. The summed E-state index contributed by atoms with van der Waals surface area (Å²) in [7, 11) is 3.15. The number of amides is 2. The van der Waals surface area contributed by atoms with Crippen LogP contribution in [0.1, 0.15) is 41.0 Å². The number of H-pyrrole nitrogens is 1. The molecule has 0 saturated heterocycles. The first-order valence-corrected chi connectivity index (χ1v) is 16.1. The minimum absolute atomic E-state index is 0.0505. The summed E-state index contributed by atoms with van der Waals surface area (Å²) in [4.78, 5) is 42.4. The Balaban J connectivity index is 1.21. The largest absolute Gasteiger partial charge is 0.496 e. The number of aromatic nitrogens is 6. The Bertz CT molecular complexity index is 2090. The van der Waals surface area contributed by atoms with Crippen molar-refractivity contribution in [3.63, 3.8) is 0 Å². The van der Waals surface area contributed by atoms with Gasteiger partial charge in [0.25, 0.3) is 5.91 Å². The molecular weight excluding hydrogens is 627 g/mol. The molecule has 0 atom stereocenters. The molecule has 2 aliphatic rings. The summed E-state index contributed by atoms with van der Waals surface area (Å²) in [5, 5.41) is 8.26. The molecule has 0 fully saturated rings. The monoisotopic (exact) mass is 662 g/mol. The standard InChI is InChI=1S/C36H35FN8O4/c1-48-31-8-12-38-21-28(31)26-19-25(24-5-4-14-44(22-24)33(46)11-17-45-18-13-39-42-45)34(37)35-27(26)20-30(41-35)36(47)43-15-9-23(10-16-43)29-6-3-7-32(40-29)49-2/h3,5-9,12-13,18-21,41H,4,10-11,14-17,22H2,1-2H3. The predicted octanol–water partition coefficient (Wildman–Crippen LogP) is 5.01. The van der Waals surface area contributed by atoms with Gasteiger partial charge in [0.1, 0.15) is 11.4 Å². The third-order valence-electron chi connectivity index (χ3n) is 9.01. The maximum atomic E-state index is 16.6. The molecule has 250 valence electrons. The van der Waals surface area contributed by atoms with Gasteiger partial charge >= 0.3 is 0 Å². The summed E-state index contributed by atoms with van der Waals surface area (Å²) in [6.45, 7) is 2.05. The van der Waals surface area contributed by atoms with Crippen molar-refractivity contribution in [3.8, 4) is 22.8 Å². The molecule has 13 heteroatoms. The lowest BCUT2D eigenvalue weighted by Gasteiger charge is -2.28. The zero-order valence-corrected chi connectivity index (χ0v) is 27.2. The van der Waals surface area contributed by atoms with E-state index in [0.717, 1.165) is 11.3 Å².